The minimum absolute atomic E-state index is 0.00262. The van der Waals surface area contributed by atoms with Gasteiger partial charge >= 0.3 is 6.03 Å². The van der Waals surface area contributed by atoms with E-state index in [1.165, 1.54) is 0 Å². The van der Waals surface area contributed by atoms with Crippen LogP contribution in [-0.2, 0) is 16.6 Å². The van der Waals surface area contributed by atoms with E-state index in [9.17, 15) is 13.2 Å². The molecule has 0 spiro atoms. The fraction of sp³-hybridized carbons (Fsp3) is 0.316. The largest absolute Gasteiger partial charge is 0.320 e. The zero-order valence-electron chi connectivity index (χ0n) is 14.9. The summed E-state index contributed by atoms with van der Waals surface area (Å²) in [6, 6.07) is 17.1. The highest BCUT2D eigenvalue weighted by Gasteiger charge is 2.32. The Hall–Kier alpha value is -2.54. The molecule has 1 fully saturated rings. The van der Waals surface area contributed by atoms with Crippen molar-refractivity contribution in [3.05, 3.63) is 65.7 Å². The number of carbonyl (C=O) groups excluding carboxylic acids is 1. The molecule has 2 aromatic carbocycles. The van der Waals surface area contributed by atoms with Crippen molar-refractivity contribution >= 4 is 21.7 Å². The van der Waals surface area contributed by atoms with E-state index in [1.807, 2.05) is 48.2 Å². The van der Waals surface area contributed by atoms with Crippen LogP contribution in [0.5, 0.6) is 0 Å². The Bertz CT molecular complexity index is 884. The van der Waals surface area contributed by atoms with Gasteiger partial charge in [-0.15, -0.1) is 0 Å². The van der Waals surface area contributed by atoms with Crippen molar-refractivity contribution in [3.63, 3.8) is 0 Å². The van der Waals surface area contributed by atoms with Gasteiger partial charge < -0.3 is 9.80 Å². The number of hydrogen-bond donors (Lipinski definition) is 1. The second-order valence-electron chi connectivity index (χ2n) is 6.56. The maximum Gasteiger partial charge on any atom is 0.320 e. The van der Waals surface area contributed by atoms with Crippen LogP contribution in [-0.4, -0.2) is 43.6 Å². The molecule has 0 aromatic heterocycles. The van der Waals surface area contributed by atoms with Gasteiger partial charge in [0.2, 0.25) is 10.0 Å². The van der Waals surface area contributed by atoms with Crippen LogP contribution >= 0.6 is 0 Å². The lowest BCUT2D eigenvalue weighted by Crippen LogP contribution is -2.33. The van der Waals surface area contributed by atoms with Crippen LogP contribution in [0, 0.1) is 0 Å². The second-order valence-corrected chi connectivity index (χ2v) is 8.31. The molecule has 0 aliphatic carbocycles. The summed E-state index contributed by atoms with van der Waals surface area (Å²) in [5, 5.41) is 0. The number of benzene rings is 2. The standard InChI is InChI=1S/C19H23N3O3S/c1-15(17-8-4-3-5-9-17)22-12-11-21(19(22)23)14-16-7-6-10-18(13-16)20-26(2,24)25/h3-10,13,15,20H,11-12,14H2,1-2H3/t15-/m0/s1. The molecule has 26 heavy (non-hydrogen) atoms. The van der Waals surface area contributed by atoms with Crippen LogP contribution in [0.2, 0.25) is 0 Å². The van der Waals surface area contributed by atoms with Crippen molar-refractivity contribution in [2.75, 3.05) is 24.1 Å². The number of hydrogen-bond acceptors (Lipinski definition) is 3. The normalized spacial score (nSPS) is 16.0. The molecule has 1 N–H and O–H groups in total. The molecule has 1 heterocycles. The second kappa shape index (κ2) is 7.37. The first-order valence-electron chi connectivity index (χ1n) is 8.51. The van der Waals surface area contributed by atoms with E-state index >= 15 is 0 Å². The topological polar surface area (TPSA) is 69.7 Å². The summed E-state index contributed by atoms with van der Waals surface area (Å²) in [5.74, 6) is 0. The SMILES string of the molecule is C[C@@H](c1ccccc1)N1CCN(Cc2cccc(NS(C)(=O)=O)c2)C1=O. The number of nitrogens with one attached hydrogen (secondary N) is 1. The molecule has 7 heteroatoms. The highest BCUT2D eigenvalue weighted by molar-refractivity contribution is 7.92. The molecule has 2 aromatic rings. The first-order chi connectivity index (χ1) is 12.3. The number of amides is 2. The molecule has 0 radical (unpaired) electrons. The van der Waals surface area contributed by atoms with Crippen LogP contribution in [0.1, 0.15) is 24.1 Å². The molecule has 3 rings (SSSR count). The van der Waals surface area contributed by atoms with Gasteiger partial charge in [0, 0.05) is 25.3 Å². The Morgan fingerprint density at radius 3 is 2.50 bits per heavy atom. The number of carbonyl (C=O) groups is 1. The lowest BCUT2D eigenvalue weighted by atomic mass is 10.1. The molecule has 0 saturated carbocycles. The average molecular weight is 373 g/mol. The van der Waals surface area contributed by atoms with E-state index in [1.54, 1.807) is 23.1 Å². The molecule has 0 bridgehead atoms. The predicted octanol–water partition coefficient (Wildman–Crippen LogP) is 3.06. The predicted molar refractivity (Wildman–Crippen MR) is 102 cm³/mol. The van der Waals surface area contributed by atoms with Gasteiger partial charge in [-0.2, -0.15) is 0 Å². The van der Waals surface area contributed by atoms with Crippen LogP contribution in [0.4, 0.5) is 10.5 Å². The van der Waals surface area contributed by atoms with Crippen molar-refractivity contribution in [2.24, 2.45) is 0 Å². The van der Waals surface area contributed by atoms with Gasteiger partial charge in [-0.25, -0.2) is 13.2 Å². The number of sulfonamides is 1. The molecule has 1 atom stereocenters. The molecule has 1 aliphatic rings. The Labute approximate surface area is 154 Å². The van der Waals surface area contributed by atoms with E-state index < -0.39 is 10.0 Å². The zero-order chi connectivity index (χ0) is 18.7. The Kier molecular flexibility index (Phi) is 5.18. The van der Waals surface area contributed by atoms with Gasteiger partial charge in [0.1, 0.15) is 0 Å². The van der Waals surface area contributed by atoms with E-state index in [2.05, 4.69) is 4.72 Å². The Morgan fingerprint density at radius 2 is 1.81 bits per heavy atom. The van der Waals surface area contributed by atoms with Crippen LogP contribution < -0.4 is 4.72 Å². The maximum absolute atomic E-state index is 12.8. The number of rotatable bonds is 6. The lowest BCUT2D eigenvalue weighted by molar-refractivity contribution is 0.179. The summed E-state index contributed by atoms with van der Waals surface area (Å²) in [6.07, 6.45) is 1.12. The maximum atomic E-state index is 12.8. The molecule has 0 unspecified atom stereocenters. The summed E-state index contributed by atoms with van der Waals surface area (Å²) in [6.45, 7) is 3.82. The molecule has 138 valence electrons. The van der Waals surface area contributed by atoms with Gasteiger partial charge in [0.25, 0.3) is 0 Å². The molecular weight excluding hydrogens is 350 g/mol. The minimum Gasteiger partial charge on any atom is -0.319 e. The van der Waals surface area contributed by atoms with Crippen molar-refractivity contribution < 1.29 is 13.2 Å². The van der Waals surface area contributed by atoms with Gasteiger partial charge in [-0.05, 0) is 30.2 Å². The summed E-state index contributed by atoms with van der Waals surface area (Å²) >= 11 is 0. The lowest BCUT2D eigenvalue weighted by Gasteiger charge is -2.25. The number of anilines is 1. The van der Waals surface area contributed by atoms with E-state index in [-0.39, 0.29) is 12.1 Å². The third-order valence-corrected chi connectivity index (χ3v) is 5.09. The third kappa shape index (κ3) is 4.35. The number of nitrogens with zero attached hydrogens (tertiary/aromatic N) is 2. The summed E-state index contributed by atoms with van der Waals surface area (Å²) < 4.78 is 25.2. The van der Waals surface area contributed by atoms with Gasteiger partial charge in [-0.1, -0.05) is 42.5 Å². The van der Waals surface area contributed by atoms with Gasteiger partial charge in [0.15, 0.2) is 0 Å². The summed E-state index contributed by atoms with van der Waals surface area (Å²) in [4.78, 5) is 16.4. The summed E-state index contributed by atoms with van der Waals surface area (Å²) in [5.41, 5.74) is 2.51. The molecular formula is C19H23N3O3S. The van der Waals surface area contributed by atoms with Gasteiger partial charge in [0.05, 0.1) is 12.3 Å². The first kappa shape index (κ1) is 18.3. The van der Waals surface area contributed by atoms with Crippen molar-refractivity contribution in [2.45, 2.75) is 19.5 Å². The smallest absolute Gasteiger partial charge is 0.319 e. The monoisotopic (exact) mass is 373 g/mol. The van der Waals surface area contributed by atoms with Crippen molar-refractivity contribution in [1.29, 1.82) is 0 Å². The molecule has 1 aliphatic heterocycles. The Morgan fingerprint density at radius 1 is 1.08 bits per heavy atom. The quantitative estimate of drug-likeness (QED) is 0.846. The van der Waals surface area contributed by atoms with Crippen LogP contribution in [0.15, 0.2) is 54.6 Å². The van der Waals surface area contributed by atoms with Gasteiger partial charge in [-0.3, -0.25) is 4.72 Å². The van der Waals surface area contributed by atoms with E-state index in [0.29, 0.717) is 25.3 Å². The molecule has 6 nitrogen and oxygen atoms in total. The minimum atomic E-state index is -3.32. The first-order valence-corrected chi connectivity index (χ1v) is 10.4. The molecule has 1 saturated heterocycles. The number of urea groups is 1. The Balaban J connectivity index is 1.69. The highest BCUT2D eigenvalue weighted by Crippen LogP contribution is 2.25. The zero-order valence-corrected chi connectivity index (χ0v) is 15.7. The van der Waals surface area contributed by atoms with Crippen molar-refractivity contribution in [3.8, 4) is 0 Å². The highest BCUT2D eigenvalue weighted by atomic mass is 32.2. The molecule has 2 amide bonds. The fourth-order valence-electron chi connectivity index (χ4n) is 3.19. The van der Waals surface area contributed by atoms with Crippen molar-refractivity contribution in [1.82, 2.24) is 9.80 Å². The van der Waals surface area contributed by atoms with Crippen LogP contribution in [0.25, 0.3) is 0 Å². The fourth-order valence-corrected chi connectivity index (χ4v) is 3.74. The van der Waals surface area contributed by atoms with Crippen LogP contribution in [0.3, 0.4) is 0 Å². The van der Waals surface area contributed by atoms with E-state index in [4.69, 9.17) is 0 Å². The third-order valence-electron chi connectivity index (χ3n) is 4.48. The average Bonchev–Trinajstić information content (AvgIpc) is 2.94. The summed E-state index contributed by atoms with van der Waals surface area (Å²) in [7, 11) is -3.32. The van der Waals surface area contributed by atoms with E-state index in [0.717, 1.165) is 17.4 Å².